The molecule has 2 aromatic rings. The smallest absolute Gasteiger partial charge is 0.360 e. The minimum absolute atomic E-state index is 0.136. The Bertz CT molecular complexity index is 670. The number of carbonyl (C=O) groups excluding carboxylic acids is 1. The van der Waals surface area contributed by atoms with Crippen molar-refractivity contribution in [2.45, 2.75) is 20.8 Å². The molecule has 0 atom stereocenters. The molecule has 0 fully saturated rings. The predicted molar refractivity (Wildman–Crippen MR) is 74.6 cm³/mol. The molecule has 2 heterocycles. The molecule has 0 bridgehead atoms. The maximum absolute atomic E-state index is 11.7. The molecular weight excluding hydrogens is 303 g/mol. The van der Waals surface area contributed by atoms with Gasteiger partial charge in [0.15, 0.2) is 11.5 Å². The monoisotopic (exact) mass is 314 g/mol. The van der Waals surface area contributed by atoms with Crippen LogP contribution in [0.1, 0.15) is 28.8 Å². The molecular formula is C12H12Cl2N4O2. The Kier molecular flexibility index (Phi) is 4.25. The number of hydrogen-bond donors (Lipinski definition) is 0. The third kappa shape index (κ3) is 2.76. The fourth-order valence-corrected chi connectivity index (χ4v) is 1.98. The standard InChI is InChI=1S/C12H12Cl2N4O2/c1-4-20-12(19)10-7(3)16-18(17-10)11-9(14)5-8(13)6(2)15-11/h5H,4H2,1-3H3. The van der Waals surface area contributed by atoms with Gasteiger partial charge >= 0.3 is 5.97 Å². The molecule has 6 nitrogen and oxygen atoms in total. The van der Waals surface area contributed by atoms with E-state index in [9.17, 15) is 4.79 Å². The first-order chi connectivity index (χ1) is 9.43. The van der Waals surface area contributed by atoms with Gasteiger partial charge < -0.3 is 4.74 Å². The molecule has 0 saturated carbocycles. The topological polar surface area (TPSA) is 69.9 Å². The van der Waals surface area contributed by atoms with Crippen molar-refractivity contribution in [2.24, 2.45) is 0 Å². The van der Waals surface area contributed by atoms with E-state index in [0.29, 0.717) is 27.3 Å². The Labute approximate surface area is 125 Å². The van der Waals surface area contributed by atoms with Gasteiger partial charge in [-0.25, -0.2) is 9.78 Å². The van der Waals surface area contributed by atoms with Crippen LogP contribution >= 0.6 is 23.2 Å². The van der Waals surface area contributed by atoms with Gasteiger partial charge in [0.1, 0.15) is 0 Å². The number of halogens is 2. The van der Waals surface area contributed by atoms with E-state index < -0.39 is 5.97 Å². The van der Waals surface area contributed by atoms with Crippen LogP contribution < -0.4 is 0 Å². The second-order valence-corrected chi connectivity index (χ2v) is 4.82. The Morgan fingerprint density at radius 2 is 1.95 bits per heavy atom. The molecule has 0 amide bonds. The maximum Gasteiger partial charge on any atom is 0.360 e. The Hall–Kier alpha value is -1.66. The molecule has 0 saturated heterocycles. The van der Waals surface area contributed by atoms with Gasteiger partial charge in [-0.1, -0.05) is 23.2 Å². The highest BCUT2D eigenvalue weighted by atomic mass is 35.5. The summed E-state index contributed by atoms with van der Waals surface area (Å²) >= 11 is 12.0. The van der Waals surface area contributed by atoms with Gasteiger partial charge in [-0.15, -0.1) is 9.90 Å². The molecule has 0 unspecified atom stereocenters. The maximum atomic E-state index is 11.7. The molecule has 0 aliphatic heterocycles. The lowest BCUT2D eigenvalue weighted by Gasteiger charge is -2.04. The van der Waals surface area contributed by atoms with Crippen molar-refractivity contribution in [3.05, 3.63) is 33.2 Å². The van der Waals surface area contributed by atoms with Crippen LogP contribution in [0, 0.1) is 13.8 Å². The zero-order chi connectivity index (χ0) is 14.9. The number of aryl methyl sites for hydroxylation is 2. The summed E-state index contributed by atoms with van der Waals surface area (Å²) in [5.74, 6) is -0.217. The van der Waals surface area contributed by atoms with E-state index in [4.69, 9.17) is 27.9 Å². The molecule has 106 valence electrons. The van der Waals surface area contributed by atoms with Crippen molar-refractivity contribution in [3.8, 4) is 5.82 Å². The first kappa shape index (κ1) is 14.7. The number of aromatic nitrogens is 4. The van der Waals surface area contributed by atoms with E-state index in [2.05, 4.69) is 15.2 Å². The molecule has 8 heteroatoms. The second kappa shape index (κ2) is 5.76. The summed E-state index contributed by atoms with van der Waals surface area (Å²) in [7, 11) is 0. The highest BCUT2D eigenvalue weighted by Crippen LogP contribution is 2.24. The summed E-state index contributed by atoms with van der Waals surface area (Å²) in [4.78, 5) is 17.1. The molecule has 0 aliphatic rings. The summed E-state index contributed by atoms with van der Waals surface area (Å²) in [6.45, 7) is 5.39. The average molecular weight is 315 g/mol. The Morgan fingerprint density at radius 3 is 2.60 bits per heavy atom. The predicted octanol–water partition coefficient (Wildman–Crippen LogP) is 2.76. The fourth-order valence-electron chi connectivity index (χ4n) is 1.55. The molecule has 2 aromatic heterocycles. The highest BCUT2D eigenvalue weighted by molar-refractivity contribution is 6.35. The van der Waals surface area contributed by atoms with Crippen LogP contribution in [0.15, 0.2) is 6.07 Å². The van der Waals surface area contributed by atoms with Crippen LogP contribution in [-0.4, -0.2) is 32.6 Å². The quantitative estimate of drug-likeness (QED) is 0.815. The fraction of sp³-hybridized carbons (Fsp3) is 0.333. The minimum atomic E-state index is -0.530. The van der Waals surface area contributed by atoms with Crippen molar-refractivity contribution < 1.29 is 9.53 Å². The van der Waals surface area contributed by atoms with Gasteiger partial charge in [0.2, 0.25) is 0 Å². The van der Waals surface area contributed by atoms with E-state index in [1.807, 2.05) is 0 Å². The average Bonchev–Trinajstić information content (AvgIpc) is 2.76. The number of ether oxygens (including phenoxy) is 1. The molecule has 0 aliphatic carbocycles. The summed E-state index contributed by atoms with van der Waals surface area (Å²) in [5.41, 5.74) is 1.17. The summed E-state index contributed by atoms with van der Waals surface area (Å²) < 4.78 is 4.90. The molecule has 0 aromatic carbocycles. The van der Waals surface area contributed by atoms with Crippen molar-refractivity contribution in [1.82, 2.24) is 20.0 Å². The Balaban J connectivity index is 2.47. The summed E-state index contributed by atoms with van der Waals surface area (Å²) in [6.07, 6.45) is 0. The zero-order valence-corrected chi connectivity index (χ0v) is 12.7. The molecule has 20 heavy (non-hydrogen) atoms. The van der Waals surface area contributed by atoms with E-state index >= 15 is 0 Å². The molecule has 0 radical (unpaired) electrons. The number of esters is 1. The van der Waals surface area contributed by atoms with Crippen LogP contribution in [0.2, 0.25) is 10.0 Å². The lowest BCUT2D eigenvalue weighted by Crippen LogP contribution is -2.08. The third-order valence-corrected chi connectivity index (χ3v) is 3.19. The van der Waals surface area contributed by atoms with E-state index in [1.165, 1.54) is 4.80 Å². The van der Waals surface area contributed by atoms with E-state index in [0.717, 1.165) is 0 Å². The van der Waals surface area contributed by atoms with Gasteiger partial charge in [0.05, 0.1) is 28.0 Å². The summed E-state index contributed by atoms with van der Waals surface area (Å²) in [5, 5.41) is 8.95. The number of carbonyl (C=O) groups is 1. The van der Waals surface area contributed by atoms with Crippen molar-refractivity contribution in [2.75, 3.05) is 6.61 Å². The molecule has 0 N–H and O–H groups in total. The normalized spacial score (nSPS) is 10.7. The van der Waals surface area contributed by atoms with Crippen molar-refractivity contribution >= 4 is 29.2 Å². The molecule has 0 spiro atoms. The number of hydrogen-bond acceptors (Lipinski definition) is 5. The first-order valence-corrected chi connectivity index (χ1v) is 6.63. The van der Waals surface area contributed by atoms with Gasteiger partial charge in [0.25, 0.3) is 0 Å². The van der Waals surface area contributed by atoms with Crippen LogP contribution in [0.4, 0.5) is 0 Å². The highest BCUT2D eigenvalue weighted by Gasteiger charge is 2.19. The minimum Gasteiger partial charge on any atom is -0.461 e. The largest absolute Gasteiger partial charge is 0.461 e. The van der Waals surface area contributed by atoms with Crippen LogP contribution in [0.5, 0.6) is 0 Å². The van der Waals surface area contributed by atoms with Gasteiger partial charge in [-0.3, -0.25) is 0 Å². The van der Waals surface area contributed by atoms with E-state index in [1.54, 1.807) is 26.8 Å². The third-order valence-electron chi connectivity index (χ3n) is 2.53. The Morgan fingerprint density at radius 1 is 1.25 bits per heavy atom. The van der Waals surface area contributed by atoms with Gasteiger partial charge in [-0.2, -0.15) is 5.10 Å². The van der Waals surface area contributed by atoms with Crippen molar-refractivity contribution in [1.29, 1.82) is 0 Å². The van der Waals surface area contributed by atoms with Gasteiger partial charge in [-0.05, 0) is 26.8 Å². The second-order valence-electron chi connectivity index (χ2n) is 4.00. The van der Waals surface area contributed by atoms with Crippen LogP contribution in [0.25, 0.3) is 5.82 Å². The number of pyridine rings is 1. The van der Waals surface area contributed by atoms with Crippen LogP contribution in [0.3, 0.4) is 0 Å². The first-order valence-electron chi connectivity index (χ1n) is 5.88. The SMILES string of the molecule is CCOC(=O)c1nn(-c2nc(C)c(Cl)cc2Cl)nc1C. The lowest BCUT2D eigenvalue weighted by molar-refractivity contribution is 0.0518. The number of rotatable bonds is 3. The molecule has 2 rings (SSSR count). The number of nitrogens with zero attached hydrogens (tertiary/aromatic N) is 4. The van der Waals surface area contributed by atoms with E-state index in [-0.39, 0.29) is 12.3 Å². The van der Waals surface area contributed by atoms with Gasteiger partial charge in [0, 0.05) is 0 Å². The van der Waals surface area contributed by atoms with Crippen LogP contribution in [-0.2, 0) is 4.74 Å². The van der Waals surface area contributed by atoms with Crippen molar-refractivity contribution in [3.63, 3.8) is 0 Å². The lowest BCUT2D eigenvalue weighted by atomic mass is 10.3. The summed E-state index contributed by atoms with van der Waals surface area (Å²) in [6, 6.07) is 1.56. The zero-order valence-electron chi connectivity index (χ0n) is 11.1.